The van der Waals surface area contributed by atoms with Gasteiger partial charge >= 0.3 is 0 Å². The van der Waals surface area contributed by atoms with Crippen molar-refractivity contribution in [2.24, 2.45) is 0 Å². The van der Waals surface area contributed by atoms with Crippen molar-refractivity contribution in [1.29, 1.82) is 0 Å². The minimum Gasteiger partial charge on any atom is -0.400 e. The van der Waals surface area contributed by atoms with Gasteiger partial charge < -0.3 is 10.0 Å². The average molecular weight is 408 g/mol. The normalized spacial score (nSPS) is 11.2. The topological polar surface area (TPSA) is 40.5 Å². The van der Waals surface area contributed by atoms with Crippen LogP contribution in [0.15, 0.2) is 60.3 Å². The maximum Gasteiger partial charge on any atom is 0.134 e. The quantitative estimate of drug-likeness (QED) is 0.544. The summed E-state index contributed by atoms with van der Waals surface area (Å²) in [4.78, 5) is 14.1. The van der Waals surface area contributed by atoms with E-state index in [0.29, 0.717) is 6.42 Å². The Bertz CT molecular complexity index is 889. The smallest absolute Gasteiger partial charge is 0.134 e. The van der Waals surface area contributed by atoms with Gasteiger partial charge in [-0.3, -0.25) is 4.79 Å². The van der Waals surface area contributed by atoms with Gasteiger partial charge in [-0.2, -0.15) is 0 Å². The number of aryl methyl sites for hydroxylation is 4. The van der Waals surface area contributed by atoms with E-state index in [2.05, 4.69) is 82.6 Å². The summed E-state index contributed by atoms with van der Waals surface area (Å²) in [5.74, 6) is 0.161. The summed E-state index contributed by atoms with van der Waals surface area (Å²) >= 11 is 0. The molecule has 2 aromatic carbocycles. The molecule has 0 aliphatic rings. The fraction of sp³-hybridized carbons (Fsp3) is 0.370. The molecule has 2 rings (SSSR count). The number of hydrogen-bond donors (Lipinski definition) is 1. The third-order valence-electron chi connectivity index (χ3n) is 5.58. The molecule has 0 aliphatic heterocycles. The van der Waals surface area contributed by atoms with Gasteiger partial charge in [0.15, 0.2) is 0 Å². The molecule has 0 saturated carbocycles. The van der Waals surface area contributed by atoms with Gasteiger partial charge in [-0.15, -0.1) is 0 Å². The highest BCUT2D eigenvalue weighted by molar-refractivity contribution is 5.79. The zero-order valence-corrected chi connectivity index (χ0v) is 19.7. The molecule has 0 amide bonds. The molecular formula is C27H37NO2. The van der Waals surface area contributed by atoms with Crippen LogP contribution in [0.3, 0.4) is 0 Å². The van der Waals surface area contributed by atoms with Crippen molar-refractivity contribution in [2.75, 3.05) is 19.1 Å². The van der Waals surface area contributed by atoms with Crippen LogP contribution in [0.5, 0.6) is 0 Å². The molecule has 0 atom stereocenters. The molecule has 0 heterocycles. The van der Waals surface area contributed by atoms with Crippen molar-refractivity contribution < 1.29 is 9.90 Å². The van der Waals surface area contributed by atoms with Crippen LogP contribution in [0.4, 0.5) is 5.69 Å². The zero-order valence-electron chi connectivity index (χ0n) is 19.7. The lowest BCUT2D eigenvalue weighted by atomic mass is 9.96. The monoisotopic (exact) mass is 407 g/mol. The number of aliphatic hydroxyl groups is 1. The summed E-state index contributed by atoms with van der Waals surface area (Å²) in [6, 6.07) is 12.9. The van der Waals surface area contributed by atoms with Crippen molar-refractivity contribution in [3.8, 4) is 0 Å². The number of benzene rings is 2. The Balaban J connectivity index is 0.00000218. The second kappa shape index (κ2) is 12.1. The van der Waals surface area contributed by atoms with Crippen molar-refractivity contribution in [2.45, 2.75) is 53.9 Å². The molecule has 3 nitrogen and oxygen atoms in total. The largest absolute Gasteiger partial charge is 0.400 e. The average Bonchev–Trinajstić information content (AvgIpc) is 2.71. The molecule has 0 unspecified atom stereocenters. The standard InChI is InChI=1S/C26H33NO.CH4O/c1-8-23(17-21(5)28)25(16-15-24-14-10-11-18(2)22(24)6)27(7)26-19(3)12-9-13-20(26)4;1-2/h8-14H,1,15-17H2,2-7H3;2H,1H3/b25-23+;. The maximum atomic E-state index is 11.9. The number of hydrogen-bond acceptors (Lipinski definition) is 3. The maximum absolute atomic E-state index is 11.9. The molecule has 30 heavy (non-hydrogen) atoms. The molecule has 3 heteroatoms. The highest BCUT2D eigenvalue weighted by Gasteiger charge is 2.17. The van der Waals surface area contributed by atoms with Crippen LogP contribution < -0.4 is 4.90 Å². The first kappa shape index (κ1) is 25.4. The molecule has 0 aliphatic carbocycles. The summed E-state index contributed by atoms with van der Waals surface area (Å²) in [6.45, 7) is 14.3. The van der Waals surface area contributed by atoms with Crippen LogP contribution in [0.25, 0.3) is 0 Å². The Morgan fingerprint density at radius 3 is 2.07 bits per heavy atom. The van der Waals surface area contributed by atoms with E-state index in [1.54, 1.807) is 6.92 Å². The van der Waals surface area contributed by atoms with E-state index in [4.69, 9.17) is 5.11 Å². The Hall–Kier alpha value is -2.65. The molecule has 0 fully saturated rings. The predicted molar refractivity (Wildman–Crippen MR) is 129 cm³/mol. The highest BCUT2D eigenvalue weighted by atomic mass is 16.2. The van der Waals surface area contributed by atoms with E-state index in [1.165, 1.54) is 39.2 Å². The van der Waals surface area contributed by atoms with Crippen LogP contribution >= 0.6 is 0 Å². The Labute approximate surface area is 182 Å². The first-order chi connectivity index (χ1) is 14.3. The second-order valence-electron chi connectivity index (χ2n) is 7.71. The summed E-state index contributed by atoms with van der Waals surface area (Å²) < 4.78 is 0. The minimum absolute atomic E-state index is 0.161. The van der Waals surface area contributed by atoms with Crippen LogP contribution in [-0.4, -0.2) is 25.0 Å². The van der Waals surface area contributed by atoms with Gasteiger partial charge in [0, 0.05) is 32.0 Å². The summed E-state index contributed by atoms with van der Waals surface area (Å²) in [6.07, 6.45) is 4.07. The Morgan fingerprint density at radius 2 is 1.53 bits per heavy atom. The number of anilines is 1. The number of ketones is 1. The summed E-state index contributed by atoms with van der Waals surface area (Å²) in [7, 11) is 3.11. The number of allylic oxidation sites excluding steroid dienone is 3. The van der Waals surface area contributed by atoms with E-state index in [-0.39, 0.29) is 5.78 Å². The zero-order chi connectivity index (χ0) is 22.8. The Morgan fingerprint density at radius 1 is 1.00 bits per heavy atom. The number of carbonyl (C=O) groups is 1. The van der Waals surface area contributed by atoms with Crippen LogP contribution in [0.2, 0.25) is 0 Å². The minimum atomic E-state index is 0.161. The lowest BCUT2D eigenvalue weighted by molar-refractivity contribution is -0.116. The van der Waals surface area contributed by atoms with Crippen LogP contribution in [0.1, 0.15) is 47.6 Å². The number of para-hydroxylation sites is 1. The first-order valence-corrected chi connectivity index (χ1v) is 10.4. The SMILES string of the molecule is C=C/C(CC(C)=O)=C(/CCc1cccc(C)c1C)N(C)c1c(C)cccc1C.CO. The third kappa shape index (κ3) is 6.43. The van der Waals surface area contributed by atoms with Gasteiger partial charge in [0.1, 0.15) is 5.78 Å². The van der Waals surface area contributed by atoms with E-state index in [0.717, 1.165) is 25.5 Å². The fourth-order valence-corrected chi connectivity index (χ4v) is 3.91. The molecule has 0 bridgehead atoms. The van der Waals surface area contributed by atoms with Crippen molar-refractivity contribution in [1.82, 2.24) is 0 Å². The predicted octanol–water partition coefficient (Wildman–Crippen LogP) is 6.02. The van der Waals surface area contributed by atoms with E-state index in [1.807, 2.05) is 6.08 Å². The number of carbonyl (C=O) groups excluding carboxylic acids is 1. The van der Waals surface area contributed by atoms with Crippen LogP contribution in [-0.2, 0) is 11.2 Å². The lowest BCUT2D eigenvalue weighted by Gasteiger charge is -2.29. The molecule has 0 saturated heterocycles. The summed E-state index contributed by atoms with van der Waals surface area (Å²) in [5.41, 5.74) is 9.89. The molecule has 0 aromatic heterocycles. The van der Waals surface area contributed by atoms with Gasteiger partial charge in [-0.25, -0.2) is 0 Å². The fourth-order valence-electron chi connectivity index (χ4n) is 3.91. The molecule has 0 radical (unpaired) electrons. The van der Waals surface area contributed by atoms with Gasteiger partial charge in [-0.1, -0.05) is 49.1 Å². The van der Waals surface area contributed by atoms with Crippen molar-refractivity contribution in [3.05, 3.63) is 88.1 Å². The van der Waals surface area contributed by atoms with Crippen LogP contribution in [0, 0.1) is 27.7 Å². The van der Waals surface area contributed by atoms with E-state index < -0.39 is 0 Å². The molecule has 2 aromatic rings. The van der Waals surface area contributed by atoms with Crippen molar-refractivity contribution in [3.63, 3.8) is 0 Å². The summed E-state index contributed by atoms with van der Waals surface area (Å²) in [5, 5.41) is 7.00. The molecule has 162 valence electrons. The lowest BCUT2D eigenvalue weighted by Crippen LogP contribution is -2.21. The number of nitrogens with zero attached hydrogens (tertiary/aromatic N) is 1. The second-order valence-corrected chi connectivity index (χ2v) is 7.71. The molecular weight excluding hydrogens is 370 g/mol. The van der Waals surface area contributed by atoms with Gasteiger partial charge in [-0.05, 0) is 80.9 Å². The first-order valence-electron chi connectivity index (χ1n) is 10.4. The number of Topliss-reactive ketones (excluding diaryl/α,β-unsaturated/α-hetero) is 1. The van der Waals surface area contributed by atoms with Gasteiger partial charge in [0.2, 0.25) is 0 Å². The van der Waals surface area contributed by atoms with Crippen molar-refractivity contribution >= 4 is 11.5 Å². The number of aliphatic hydroxyl groups excluding tert-OH is 1. The molecule has 0 spiro atoms. The molecule has 1 N–H and O–H groups in total. The van der Waals surface area contributed by atoms with Gasteiger partial charge in [0.05, 0.1) is 0 Å². The Kier molecular flexibility index (Phi) is 10.3. The van der Waals surface area contributed by atoms with E-state index >= 15 is 0 Å². The number of rotatable bonds is 8. The third-order valence-corrected chi connectivity index (χ3v) is 5.58. The van der Waals surface area contributed by atoms with Gasteiger partial charge in [0.25, 0.3) is 0 Å². The highest BCUT2D eigenvalue weighted by Crippen LogP contribution is 2.31. The van der Waals surface area contributed by atoms with E-state index in [9.17, 15) is 4.79 Å².